The summed E-state index contributed by atoms with van der Waals surface area (Å²) in [5.41, 5.74) is 7.49. The third kappa shape index (κ3) is 3.33. The maximum Gasteiger partial charge on any atom is 0.334 e. The molecule has 3 rings (SSSR count). The highest BCUT2D eigenvalue weighted by Crippen LogP contribution is 2.38. The van der Waals surface area contributed by atoms with Gasteiger partial charge in [-0.25, -0.2) is 15.6 Å². The molecule has 2 amide bonds. The number of nitrogens with one attached hydrogen (secondary N) is 2. The minimum absolute atomic E-state index is 0.394. The Labute approximate surface area is 161 Å². The van der Waals surface area contributed by atoms with Crippen LogP contribution in [0.2, 0.25) is 10.0 Å². The number of fused-ring (bicyclic) bond motifs is 1. The van der Waals surface area contributed by atoms with Crippen molar-refractivity contribution in [3.05, 3.63) is 57.1 Å². The first kappa shape index (κ1) is 18.5. The Kier molecular flexibility index (Phi) is 5.05. The summed E-state index contributed by atoms with van der Waals surface area (Å²) in [4.78, 5) is 16.6. The van der Waals surface area contributed by atoms with E-state index in [-0.39, 0.29) is 0 Å². The lowest BCUT2D eigenvalue weighted by molar-refractivity contribution is 0.252. The highest BCUT2D eigenvalue weighted by molar-refractivity contribution is 6.35. The Morgan fingerprint density at radius 2 is 1.65 bits per heavy atom. The molecular formula is C19H18Cl2N4O. The summed E-state index contributed by atoms with van der Waals surface area (Å²) in [6, 6.07) is 8.75. The van der Waals surface area contributed by atoms with E-state index in [4.69, 9.17) is 34.0 Å². The number of rotatable bonds is 2. The number of pyridine rings is 1. The molecule has 2 aromatic carbocycles. The summed E-state index contributed by atoms with van der Waals surface area (Å²) in [5, 5.41) is 4.75. The molecule has 7 heteroatoms. The zero-order chi connectivity index (χ0) is 19.0. The quantitative estimate of drug-likeness (QED) is 0.323. The van der Waals surface area contributed by atoms with Crippen molar-refractivity contribution in [3.8, 4) is 11.1 Å². The van der Waals surface area contributed by atoms with Gasteiger partial charge in [-0.3, -0.25) is 10.7 Å². The monoisotopic (exact) mass is 388 g/mol. The summed E-state index contributed by atoms with van der Waals surface area (Å²) < 4.78 is 0. The third-order valence-electron chi connectivity index (χ3n) is 4.31. The highest BCUT2D eigenvalue weighted by Gasteiger charge is 2.18. The van der Waals surface area contributed by atoms with Gasteiger partial charge in [-0.1, -0.05) is 35.3 Å². The van der Waals surface area contributed by atoms with Crippen molar-refractivity contribution < 1.29 is 4.79 Å². The molecule has 26 heavy (non-hydrogen) atoms. The molecule has 0 unspecified atom stereocenters. The van der Waals surface area contributed by atoms with Gasteiger partial charge >= 0.3 is 6.03 Å². The molecule has 0 aliphatic rings. The predicted octanol–water partition coefficient (Wildman–Crippen LogP) is 5.13. The Hall–Kier alpha value is -2.34. The van der Waals surface area contributed by atoms with E-state index in [0.29, 0.717) is 15.9 Å². The van der Waals surface area contributed by atoms with E-state index in [0.717, 1.165) is 38.7 Å². The lowest BCUT2D eigenvalue weighted by Crippen LogP contribution is -2.34. The van der Waals surface area contributed by atoms with Crippen LogP contribution in [0.25, 0.3) is 22.0 Å². The third-order valence-corrected chi connectivity index (χ3v) is 4.75. The molecule has 1 aromatic heterocycles. The Morgan fingerprint density at radius 1 is 1.04 bits per heavy atom. The van der Waals surface area contributed by atoms with Crippen LogP contribution in [0.5, 0.6) is 0 Å². The van der Waals surface area contributed by atoms with Crippen molar-refractivity contribution in [2.45, 2.75) is 20.8 Å². The number of benzene rings is 2. The first-order valence-corrected chi connectivity index (χ1v) is 8.72. The van der Waals surface area contributed by atoms with Crippen LogP contribution in [0.3, 0.4) is 0 Å². The number of nitrogens with two attached hydrogens (primary N) is 1. The van der Waals surface area contributed by atoms with E-state index in [2.05, 4.69) is 16.8 Å². The molecule has 0 spiro atoms. The fourth-order valence-corrected chi connectivity index (χ4v) is 3.70. The zero-order valence-corrected chi connectivity index (χ0v) is 16.1. The van der Waals surface area contributed by atoms with Crippen LogP contribution in [0.4, 0.5) is 10.6 Å². The number of carbonyl (C=O) groups excluding carboxylic acids is 1. The normalized spacial score (nSPS) is 10.8. The predicted molar refractivity (Wildman–Crippen MR) is 108 cm³/mol. The SMILES string of the molecule is Cc1ccc(C)c2c(C)c(-c3cc(Cl)cc(Cl)c3)c(NC(=O)NN)nc12. The molecule has 3 aromatic rings. The van der Waals surface area contributed by atoms with Crippen molar-refractivity contribution >= 4 is 46.0 Å². The number of hydrazine groups is 1. The second-order valence-electron chi connectivity index (χ2n) is 6.14. The van der Waals surface area contributed by atoms with Crippen LogP contribution in [-0.4, -0.2) is 11.0 Å². The molecule has 0 saturated heterocycles. The molecule has 0 fully saturated rings. The molecule has 0 atom stereocenters. The number of aromatic nitrogens is 1. The number of anilines is 1. The van der Waals surface area contributed by atoms with Crippen LogP contribution >= 0.6 is 23.2 Å². The number of carbonyl (C=O) groups is 1. The second-order valence-corrected chi connectivity index (χ2v) is 7.01. The molecule has 1 heterocycles. The summed E-state index contributed by atoms with van der Waals surface area (Å²) in [5.74, 6) is 5.62. The standard InChI is InChI=1S/C19H18Cl2N4O/c1-9-4-5-10(2)17-15(9)11(3)16(18(23-17)24-19(26)25-22)12-6-13(20)8-14(21)7-12/h4-8H,22H2,1-3H3,(H2,23,24,25,26). The van der Waals surface area contributed by atoms with Gasteiger partial charge in [0.1, 0.15) is 5.82 Å². The second kappa shape index (κ2) is 7.11. The Balaban J connectivity index is 2.41. The smallest absolute Gasteiger partial charge is 0.291 e. The molecule has 0 bridgehead atoms. The summed E-state index contributed by atoms with van der Waals surface area (Å²) >= 11 is 12.4. The van der Waals surface area contributed by atoms with Gasteiger partial charge in [0.15, 0.2) is 0 Å². The summed E-state index contributed by atoms with van der Waals surface area (Å²) in [6.07, 6.45) is 0. The first-order chi connectivity index (χ1) is 12.3. The molecule has 4 N–H and O–H groups in total. The Morgan fingerprint density at radius 3 is 2.27 bits per heavy atom. The van der Waals surface area contributed by atoms with E-state index in [9.17, 15) is 4.79 Å². The van der Waals surface area contributed by atoms with E-state index < -0.39 is 6.03 Å². The molecule has 0 aliphatic heterocycles. The maximum absolute atomic E-state index is 11.9. The van der Waals surface area contributed by atoms with Crippen molar-refractivity contribution in [2.24, 2.45) is 5.84 Å². The lowest BCUT2D eigenvalue weighted by atomic mass is 9.94. The fourth-order valence-electron chi connectivity index (χ4n) is 3.17. The molecule has 0 radical (unpaired) electrons. The summed E-state index contributed by atoms with van der Waals surface area (Å²) in [7, 11) is 0. The molecule has 134 valence electrons. The number of aryl methyl sites for hydroxylation is 3. The topological polar surface area (TPSA) is 80.0 Å². The Bertz CT molecular complexity index is 1010. The number of hydrogen-bond donors (Lipinski definition) is 3. The highest BCUT2D eigenvalue weighted by atomic mass is 35.5. The number of amides is 2. The molecule has 0 saturated carbocycles. The fraction of sp³-hybridized carbons (Fsp3) is 0.158. The van der Waals surface area contributed by atoms with Gasteiger partial charge in [0.25, 0.3) is 0 Å². The molecule has 0 aliphatic carbocycles. The zero-order valence-electron chi connectivity index (χ0n) is 14.6. The van der Waals surface area contributed by atoms with Crippen LogP contribution in [0, 0.1) is 20.8 Å². The number of hydrogen-bond acceptors (Lipinski definition) is 3. The van der Waals surface area contributed by atoms with Crippen molar-refractivity contribution in [2.75, 3.05) is 5.32 Å². The van der Waals surface area contributed by atoms with E-state index in [1.165, 1.54) is 0 Å². The van der Waals surface area contributed by atoms with Crippen LogP contribution < -0.4 is 16.6 Å². The van der Waals surface area contributed by atoms with Crippen LogP contribution in [0.15, 0.2) is 30.3 Å². The maximum atomic E-state index is 11.9. The van der Waals surface area contributed by atoms with Crippen LogP contribution in [0.1, 0.15) is 16.7 Å². The van der Waals surface area contributed by atoms with Crippen molar-refractivity contribution in [1.82, 2.24) is 10.4 Å². The van der Waals surface area contributed by atoms with Crippen LogP contribution in [-0.2, 0) is 0 Å². The number of nitrogens with zero attached hydrogens (tertiary/aromatic N) is 1. The van der Waals surface area contributed by atoms with Gasteiger partial charge in [-0.15, -0.1) is 0 Å². The average Bonchev–Trinajstić information content (AvgIpc) is 2.57. The minimum Gasteiger partial charge on any atom is -0.291 e. The summed E-state index contributed by atoms with van der Waals surface area (Å²) in [6.45, 7) is 6.01. The van der Waals surface area contributed by atoms with Gasteiger partial charge in [0.2, 0.25) is 0 Å². The minimum atomic E-state index is -0.559. The first-order valence-electron chi connectivity index (χ1n) is 7.96. The van der Waals surface area contributed by atoms with Gasteiger partial charge < -0.3 is 0 Å². The number of urea groups is 1. The molecular weight excluding hydrogens is 371 g/mol. The lowest BCUT2D eigenvalue weighted by Gasteiger charge is -2.18. The number of halogens is 2. The van der Waals surface area contributed by atoms with E-state index >= 15 is 0 Å². The largest absolute Gasteiger partial charge is 0.334 e. The van der Waals surface area contributed by atoms with Gasteiger partial charge in [-0.2, -0.15) is 0 Å². The van der Waals surface area contributed by atoms with Crippen molar-refractivity contribution in [3.63, 3.8) is 0 Å². The van der Waals surface area contributed by atoms with Gasteiger partial charge in [-0.05, 0) is 61.2 Å². The van der Waals surface area contributed by atoms with E-state index in [1.54, 1.807) is 18.2 Å². The van der Waals surface area contributed by atoms with Gasteiger partial charge in [0.05, 0.1) is 5.52 Å². The van der Waals surface area contributed by atoms with Crippen molar-refractivity contribution in [1.29, 1.82) is 0 Å². The molecule has 5 nitrogen and oxygen atoms in total. The van der Waals surface area contributed by atoms with E-state index in [1.807, 2.05) is 26.8 Å². The van der Waals surface area contributed by atoms with Gasteiger partial charge in [0, 0.05) is 21.0 Å². The average molecular weight is 389 g/mol.